The lowest BCUT2D eigenvalue weighted by molar-refractivity contribution is 0.0402. The molecule has 0 radical (unpaired) electrons. The van der Waals surface area contributed by atoms with Crippen molar-refractivity contribution in [2.45, 2.75) is 26.4 Å². The molecule has 3 nitrogen and oxygen atoms in total. The average molecular weight is 279 g/mol. The molecule has 1 aromatic carbocycles. The van der Waals surface area contributed by atoms with Gasteiger partial charge in [0.15, 0.2) is 0 Å². The van der Waals surface area contributed by atoms with E-state index in [-0.39, 0.29) is 5.41 Å². The van der Waals surface area contributed by atoms with Gasteiger partial charge in [0.25, 0.3) is 0 Å². The van der Waals surface area contributed by atoms with Crippen molar-refractivity contribution in [2.24, 2.45) is 11.1 Å². The Hall–Kier alpha value is -1.16. The van der Waals surface area contributed by atoms with E-state index in [1.54, 1.807) is 12.3 Å². The molecule has 0 aliphatic heterocycles. The van der Waals surface area contributed by atoms with Crippen LogP contribution in [0.1, 0.15) is 31.9 Å². The first kappa shape index (κ1) is 14.3. The molecule has 1 aromatic heterocycles. The van der Waals surface area contributed by atoms with Gasteiger partial charge in [-0.25, -0.2) is 0 Å². The number of hydrogen-bond donors (Lipinski definition) is 2. The Bertz CT molecular complexity index is 581. The van der Waals surface area contributed by atoms with Crippen LogP contribution in [0.3, 0.4) is 0 Å². The van der Waals surface area contributed by atoms with E-state index >= 15 is 0 Å². The summed E-state index contributed by atoms with van der Waals surface area (Å²) in [6.07, 6.45) is 1.85. The standard InChI is InChI=1S/C15H19ClN2O/c1-3-15(2,9-17)14(19)11-6-7-12(16)10-5-4-8-18-13(10)11/h4-8,14,19H,3,9,17H2,1-2H3. The molecule has 2 unspecified atom stereocenters. The maximum atomic E-state index is 10.7. The fourth-order valence-electron chi connectivity index (χ4n) is 2.21. The van der Waals surface area contributed by atoms with E-state index in [0.717, 1.165) is 22.9 Å². The van der Waals surface area contributed by atoms with Crippen LogP contribution in [0.25, 0.3) is 10.9 Å². The van der Waals surface area contributed by atoms with Crippen LogP contribution < -0.4 is 5.73 Å². The summed E-state index contributed by atoms with van der Waals surface area (Å²) < 4.78 is 0. The van der Waals surface area contributed by atoms with Gasteiger partial charge < -0.3 is 10.8 Å². The molecular formula is C15H19ClN2O. The van der Waals surface area contributed by atoms with Gasteiger partial charge >= 0.3 is 0 Å². The SMILES string of the molecule is CCC(C)(CN)C(O)c1ccc(Cl)c2cccnc12. The van der Waals surface area contributed by atoms with Gasteiger partial charge in [-0.3, -0.25) is 4.98 Å². The number of aliphatic hydroxyl groups excluding tert-OH is 1. The van der Waals surface area contributed by atoms with Crippen molar-refractivity contribution in [3.63, 3.8) is 0 Å². The van der Waals surface area contributed by atoms with E-state index in [0.29, 0.717) is 11.6 Å². The molecule has 2 atom stereocenters. The van der Waals surface area contributed by atoms with Crippen LogP contribution >= 0.6 is 11.6 Å². The lowest BCUT2D eigenvalue weighted by Crippen LogP contribution is -2.33. The fourth-order valence-corrected chi connectivity index (χ4v) is 2.42. The van der Waals surface area contributed by atoms with E-state index in [4.69, 9.17) is 17.3 Å². The smallest absolute Gasteiger partial charge is 0.0876 e. The number of aliphatic hydroxyl groups is 1. The highest BCUT2D eigenvalue weighted by atomic mass is 35.5. The van der Waals surface area contributed by atoms with Crippen molar-refractivity contribution < 1.29 is 5.11 Å². The van der Waals surface area contributed by atoms with Gasteiger partial charge in [0.05, 0.1) is 11.6 Å². The molecule has 1 heterocycles. The Morgan fingerprint density at radius 1 is 1.42 bits per heavy atom. The maximum absolute atomic E-state index is 10.7. The van der Waals surface area contributed by atoms with Gasteiger partial charge in [0.2, 0.25) is 0 Å². The Kier molecular flexibility index (Phi) is 4.09. The number of hydrogen-bond acceptors (Lipinski definition) is 3. The Morgan fingerprint density at radius 3 is 2.79 bits per heavy atom. The molecular weight excluding hydrogens is 260 g/mol. The van der Waals surface area contributed by atoms with Crippen LogP contribution in [-0.4, -0.2) is 16.6 Å². The zero-order valence-electron chi connectivity index (χ0n) is 11.2. The van der Waals surface area contributed by atoms with Crippen LogP contribution in [0.4, 0.5) is 0 Å². The molecule has 0 saturated heterocycles. The third kappa shape index (κ3) is 2.46. The number of halogens is 1. The number of nitrogens with two attached hydrogens (primary N) is 1. The fraction of sp³-hybridized carbons (Fsp3) is 0.400. The Balaban J connectivity index is 2.60. The maximum Gasteiger partial charge on any atom is 0.0876 e. The molecule has 102 valence electrons. The van der Waals surface area contributed by atoms with E-state index in [9.17, 15) is 5.11 Å². The molecule has 0 fully saturated rings. The topological polar surface area (TPSA) is 59.1 Å². The molecule has 0 saturated carbocycles. The van der Waals surface area contributed by atoms with Crippen LogP contribution in [-0.2, 0) is 0 Å². The highest BCUT2D eigenvalue weighted by Gasteiger charge is 2.32. The summed E-state index contributed by atoms with van der Waals surface area (Å²) in [6.45, 7) is 4.43. The first-order valence-electron chi connectivity index (χ1n) is 6.44. The van der Waals surface area contributed by atoms with E-state index in [2.05, 4.69) is 4.98 Å². The van der Waals surface area contributed by atoms with E-state index in [1.807, 2.05) is 32.0 Å². The van der Waals surface area contributed by atoms with Gasteiger partial charge in [-0.2, -0.15) is 0 Å². The quantitative estimate of drug-likeness (QED) is 0.902. The van der Waals surface area contributed by atoms with Gasteiger partial charge in [-0.1, -0.05) is 31.5 Å². The number of benzene rings is 1. The average Bonchev–Trinajstić information content (AvgIpc) is 2.46. The summed E-state index contributed by atoms with van der Waals surface area (Å²) in [5, 5.41) is 12.2. The second kappa shape index (κ2) is 5.45. The zero-order valence-corrected chi connectivity index (χ0v) is 12.0. The minimum Gasteiger partial charge on any atom is -0.388 e. The highest BCUT2D eigenvalue weighted by molar-refractivity contribution is 6.35. The van der Waals surface area contributed by atoms with Crippen molar-refractivity contribution >= 4 is 22.5 Å². The van der Waals surface area contributed by atoms with Crippen LogP contribution in [0, 0.1) is 5.41 Å². The van der Waals surface area contributed by atoms with E-state index < -0.39 is 6.10 Å². The largest absolute Gasteiger partial charge is 0.388 e. The van der Waals surface area contributed by atoms with Crippen molar-refractivity contribution in [3.8, 4) is 0 Å². The summed E-state index contributed by atoms with van der Waals surface area (Å²) in [5.74, 6) is 0. The number of pyridine rings is 1. The van der Waals surface area contributed by atoms with Gasteiger partial charge in [0, 0.05) is 34.1 Å². The Morgan fingerprint density at radius 2 is 2.16 bits per heavy atom. The molecule has 2 rings (SSSR count). The third-order valence-electron chi connectivity index (χ3n) is 3.98. The summed E-state index contributed by atoms with van der Waals surface area (Å²) in [7, 11) is 0. The molecule has 4 heteroatoms. The third-order valence-corrected chi connectivity index (χ3v) is 4.31. The van der Waals surface area contributed by atoms with Crippen LogP contribution in [0.2, 0.25) is 5.02 Å². The molecule has 0 bridgehead atoms. The molecule has 0 amide bonds. The first-order chi connectivity index (χ1) is 9.03. The normalized spacial score (nSPS) is 16.3. The first-order valence-corrected chi connectivity index (χ1v) is 6.82. The summed E-state index contributed by atoms with van der Waals surface area (Å²) in [4.78, 5) is 4.36. The molecule has 0 spiro atoms. The number of aromatic nitrogens is 1. The molecule has 2 aromatic rings. The molecule has 0 aliphatic carbocycles. The van der Waals surface area contributed by atoms with E-state index in [1.165, 1.54) is 0 Å². The number of nitrogens with zero attached hydrogens (tertiary/aromatic N) is 1. The Labute approximate surface area is 118 Å². The van der Waals surface area contributed by atoms with Crippen molar-refractivity contribution in [2.75, 3.05) is 6.54 Å². The summed E-state index contributed by atoms with van der Waals surface area (Å²) in [5.41, 5.74) is 6.99. The molecule has 0 aliphatic rings. The lowest BCUT2D eigenvalue weighted by Gasteiger charge is -2.33. The monoisotopic (exact) mass is 278 g/mol. The van der Waals surface area contributed by atoms with Crippen molar-refractivity contribution in [1.29, 1.82) is 0 Å². The van der Waals surface area contributed by atoms with Gasteiger partial charge in [0.1, 0.15) is 0 Å². The molecule has 3 N–H and O–H groups in total. The van der Waals surface area contributed by atoms with Crippen molar-refractivity contribution in [1.82, 2.24) is 4.98 Å². The van der Waals surface area contributed by atoms with Crippen molar-refractivity contribution in [3.05, 3.63) is 41.0 Å². The minimum atomic E-state index is -0.655. The highest BCUT2D eigenvalue weighted by Crippen LogP contribution is 2.39. The number of fused-ring (bicyclic) bond motifs is 1. The predicted octanol–water partition coefficient (Wildman–Crippen LogP) is 3.30. The second-order valence-electron chi connectivity index (χ2n) is 5.15. The van der Waals surface area contributed by atoms with Gasteiger partial charge in [-0.05, 0) is 24.6 Å². The lowest BCUT2D eigenvalue weighted by atomic mass is 9.78. The predicted molar refractivity (Wildman–Crippen MR) is 79.2 cm³/mol. The van der Waals surface area contributed by atoms with Gasteiger partial charge in [-0.15, -0.1) is 0 Å². The summed E-state index contributed by atoms with van der Waals surface area (Å²) >= 11 is 6.17. The minimum absolute atomic E-state index is 0.363. The number of rotatable bonds is 4. The van der Waals surface area contributed by atoms with Crippen LogP contribution in [0.15, 0.2) is 30.5 Å². The second-order valence-corrected chi connectivity index (χ2v) is 5.56. The van der Waals surface area contributed by atoms with Crippen LogP contribution in [0.5, 0.6) is 0 Å². The zero-order chi connectivity index (χ0) is 14.0. The molecule has 19 heavy (non-hydrogen) atoms. The summed E-state index contributed by atoms with van der Waals surface area (Å²) in [6, 6.07) is 7.39.